The summed E-state index contributed by atoms with van der Waals surface area (Å²) in [7, 11) is 0. The van der Waals surface area contributed by atoms with Crippen LogP contribution in [0.15, 0.2) is 67.1 Å². The third kappa shape index (κ3) is 2.46. The van der Waals surface area contributed by atoms with Crippen molar-refractivity contribution in [2.75, 3.05) is 0 Å². The number of imidazole rings is 1. The second-order valence-corrected chi connectivity index (χ2v) is 5.51. The minimum atomic E-state index is 0.0367. The van der Waals surface area contributed by atoms with Crippen molar-refractivity contribution in [3.63, 3.8) is 0 Å². The fraction of sp³-hybridized carbons (Fsp3) is 0.0526. The Morgan fingerprint density at radius 2 is 1.88 bits per heavy atom. The summed E-state index contributed by atoms with van der Waals surface area (Å²) in [5.41, 5.74) is 4.94. The first-order valence-corrected chi connectivity index (χ1v) is 7.59. The lowest BCUT2D eigenvalue weighted by Crippen LogP contribution is -1.98. The van der Waals surface area contributed by atoms with Crippen molar-refractivity contribution in [2.45, 2.75) is 6.92 Å². The molecule has 0 N–H and O–H groups in total. The van der Waals surface area contributed by atoms with E-state index in [-0.39, 0.29) is 5.78 Å². The summed E-state index contributed by atoms with van der Waals surface area (Å²) in [5, 5.41) is 4.69. The first kappa shape index (κ1) is 14.3. The molecule has 3 heterocycles. The zero-order valence-electron chi connectivity index (χ0n) is 13.0. The lowest BCUT2D eigenvalue weighted by molar-refractivity contribution is 0.101. The number of carbonyl (C=O) groups excluding carboxylic acids is 1. The molecule has 0 amide bonds. The maximum atomic E-state index is 11.6. The van der Waals surface area contributed by atoms with E-state index in [1.54, 1.807) is 30.0 Å². The van der Waals surface area contributed by atoms with E-state index in [4.69, 9.17) is 0 Å². The molecule has 1 aromatic carbocycles. The quantitative estimate of drug-likeness (QED) is 0.541. The van der Waals surface area contributed by atoms with Crippen LogP contribution in [0.5, 0.6) is 0 Å². The van der Waals surface area contributed by atoms with Crippen molar-refractivity contribution in [3.05, 3.63) is 72.7 Å². The molecule has 0 aliphatic rings. The van der Waals surface area contributed by atoms with E-state index in [9.17, 15) is 4.79 Å². The smallest absolute Gasteiger partial charge is 0.159 e. The highest BCUT2D eigenvalue weighted by atomic mass is 16.1. The number of ketones is 1. The lowest BCUT2D eigenvalue weighted by atomic mass is 10.1. The number of fused-ring (bicyclic) bond motifs is 1. The van der Waals surface area contributed by atoms with Crippen molar-refractivity contribution in [1.29, 1.82) is 0 Å². The lowest BCUT2D eigenvalue weighted by Gasteiger charge is -2.05. The van der Waals surface area contributed by atoms with Gasteiger partial charge in [-0.15, -0.1) is 0 Å². The van der Waals surface area contributed by atoms with Gasteiger partial charge < -0.3 is 0 Å². The molecule has 0 unspecified atom stereocenters. The van der Waals surface area contributed by atoms with Gasteiger partial charge in [0.2, 0.25) is 0 Å². The zero-order valence-corrected chi connectivity index (χ0v) is 13.0. The number of aromatic nitrogens is 4. The first-order chi connectivity index (χ1) is 11.7. The molecule has 0 saturated carbocycles. The van der Waals surface area contributed by atoms with Gasteiger partial charge in [0.25, 0.3) is 0 Å². The Labute approximate surface area is 138 Å². The molecule has 0 radical (unpaired) electrons. The largest absolute Gasteiger partial charge is 0.295 e. The third-order valence-electron chi connectivity index (χ3n) is 3.88. The summed E-state index contributed by atoms with van der Waals surface area (Å²) in [6.07, 6.45) is 5.29. The Hall–Kier alpha value is -3.34. The van der Waals surface area contributed by atoms with Crippen LogP contribution in [0.25, 0.3) is 28.2 Å². The van der Waals surface area contributed by atoms with Crippen LogP contribution in [0, 0.1) is 0 Å². The average Bonchev–Trinajstić information content (AvgIpc) is 3.05. The Balaban J connectivity index is 1.88. The van der Waals surface area contributed by atoms with Gasteiger partial charge in [-0.25, -0.2) is 9.50 Å². The van der Waals surface area contributed by atoms with Gasteiger partial charge in [0.15, 0.2) is 11.4 Å². The SMILES string of the molecule is CC(=O)c1cccc(-c2cnc3ccc(-c4cccnc4)nn23)c1. The van der Waals surface area contributed by atoms with E-state index < -0.39 is 0 Å². The number of nitrogens with zero attached hydrogens (tertiary/aromatic N) is 4. The molecule has 5 nitrogen and oxygen atoms in total. The zero-order chi connectivity index (χ0) is 16.5. The van der Waals surface area contributed by atoms with E-state index >= 15 is 0 Å². The van der Waals surface area contributed by atoms with Gasteiger partial charge in [-0.05, 0) is 37.3 Å². The van der Waals surface area contributed by atoms with Crippen LogP contribution in [0.3, 0.4) is 0 Å². The summed E-state index contributed by atoms with van der Waals surface area (Å²) >= 11 is 0. The van der Waals surface area contributed by atoms with Gasteiger partial charge in [-0.3, -0.25) is 9.78 Å². The molecule has 4 rings (SSSR count). The highest BCUT2D eigenvalue weighted by molar-refractivity contribution is 5.95. The minimum absolute atomic E-state index is 0.0367. The molecule has 0 fully saturated rings. The predicted molar refractivity (Wildman–Crippen MR) is 91.7 cm³/mol. The van der Waals surface area contributed by atoms with Gasteiger partial charge >= 0.3 is 0 Å². The van der Waals surface area contributed by atoms with Crippen LogP contribution in [0.4, 0.5) is 0 Å². The van der Waals surface area contributed by atoms with E-state index in [2.05, 4.69) is 15.1 Å². The Morgan fingerprint density at radius 1 is 1.00 bits per heavy atom. The highest BCUT2D eigenvalue weighted by Gasteiger charge is 2.10. The molecule has 0 atom stereocenters. The second-order valence-electron chi connectivity index (χ2n) is 5.51. The van der Waals surface area contributed by atoms with Crippen LogP contribution in [0.2, 0.25) is 0 Å². The molecular formula is C19H14N4O. The molecule has 3 aromatic heterocycles. The number of pyridine rings is 1. The van der Waals surface area contributed by atoms with Crippen molar-refractivity contribution >= 4 is 11.4 Å². The summed E-state index contributed by atoms with van der Waals surface area (Å²) in [4.78, 5) is 20.2. The topological polar surface area (TPSA) is 60.2 Å². The monoisotopic (exact) mass is 314 g/mol. The van der Waals surface area contributed by atoms with Crippen LogP contribution >= 0.6 is 0 Å². The van der Waals surface area contributed by atoms with Crippen LogP contribution in [-0.4, -0.2) is 25.4 Å². The summed E-state index contributed by atoms with van der Waals surface area (Å²) in [6, 6.07) is 15.2. The molecular weight excluding hydrogens is 300 g/mol. The van der Waals surface area contributed by atoms with Gasteiger partial charge in [0.05, 0.1) is 17.6 Å². The fourth-order valence-electron chi connectivity index (χ4n) is 2.64. The van der Waals surface area contributed by atoms with E-state index in [1.165, 1.54) is 0 Å². The third-order valence-corrected chi connectivity index (χ3v) is 3.88. The molecule has 0 aliphatic heterocycles. The van der Waals surface area contributed by atoms with Crippen LogP contribution in [0.1, 0.15) is 17.3 Å². The van der Waals surface area contributed by atoms with Crippen molar-refractivity contribution in [3.8, 4) is 22.5 Å². The molecule has 0 aliphatic carbocycles. The Bertz CT molecular complexity index is 1040. The molecule has 0 saturated heterocycles. The number of hydrogen-bond donors (Lipinski definition) is 0. The van der Waals surface area contributed by atoms with Gasteiger partial charge in [0, 0.05) is 29.1 Å². The van der Waals surface area contributed by atoms with E-state index in [0.717, 1.165) is 28.2 Å². The van der Waals surface area contributed by atoms with Gasteiger partial charge in [0.1, 0.15) is 0 Å². The Kier molecular flexibility index (Phi) is 3.39. The number of hydrogen-bond acceptors (Lipinski definition) is 4. The molecule has 5 heteroatoms. The van der Waals surface area contributed by atoms with Crippen LogP contribution in [-0.2, 0) is 0 Å². The molecule has 0 spiro atoms. The number of rotatable bonds is 3. The summed E-state index contributed by atoms with van der Waals surface area (Å²) in [5.74, 6) is 0.0367. The van der Waals surface area contributed by atoms with Gasteiger partial charge in [-0.1, -0.05) is 18.2 Å². The van der Waals surface area contributed by atoms with E-state index in [0.29, 0.717) is 5.56 Å². The average molecular weight is 314 g/mol. The van der Waals surface area contributed by atoms with Crippen molar-refractivity contribution in [2.24, 2.45) is 0 Å². The predicted octanol–water partition coefficient (Wildman–Crippen LogP) is 3.66. The van der Waals surface area contributed by atoms with Crippen molar-refractivity contribution < 1.29 is 4.79 Å². The molecule has 0 bridgehead atoms. The standard InChI is InChI=1S/C19H14N4O/c1-13(24)14-4-2-5-15(10-14)18-12-21-19-8-7-17(22-23(18)19)16-6-3-9-20-11-16/h2-12H,1H3. The normalized spacial score (nSPS) is 10.9. The van der Waals surface area contributed by atoms with Crippen LogP contribution < -0.4 is 0 Å². The van der Waals surface area contributed by atoms with Gasteiger partial charge in [-0.2, -0.15) is 5.10 Å². The van der Waals surface area contributed by atoms with E-state index in [1.807, 2.05) is 48.5 Å². The molecule has 116 valence electrons. The first-order valence-electron chi connectivity index (χ1n) is 7.59. The number of Topliss-reactive ketones (excluding diaryl/α,β-unsaturated/α-hetero) is 1. The fourth-order valence-corrected chi connectivity index (χ4v) is 2.64. The molecule has 4 aromatic rings. The second kappa shape index (κ2) is 5.70. The molecule has 24 heavy (non-hydrogen) atoms. The minimum Gasteiger partial charge on any atom is -0.295 e. The number of carbonyl (C=O) groups is 1. The van der Waals surface area contributed by atoms with Crippen molar-refractivity contribution in [1.82, 2.24) is 19.6 Å². The maximum Gasteiger partial charge on any atom is 0.159 e. The number of benzene rings is 1. The maximum absolute atomic E-state index is 11.6. The summed E-state index contributed by atoms with van der Waals surface area (Å²) in [6.45, 7) is 1.56. The Morgan fingerprint density at radius 3 is 2.67 bits per heavy atom. The summed E-state index contributed by atoms with van der Waals surface area (Å²) < 4.78 is 1.79. The highest BCUT2D eigenvalue weighted by Crippen LogP contribution is 2.23.